The van der Waals surface area contributed by atoms with Gasteiger partial charge in [0.05, 0.1) is 0 Å². The Morgan fingerprint density at radius 2 is 1.38 bits per heavy atom. The van der Waals surface area contributed by atoms with Crippen molar-refractivity contribution in [3.05, 3.63) is 66.2 Å². The highest BCUT2D eigenvalue weighted by Crippen LogP contribution is 2.19. The lowest BCUT2D eigenvalue weighted by molar-refractivity contribution is 0.246. The predicted molar refractivity (Wildman–Crippen MR) is 90.0 cm³/mol. The maximum Gasteiger partial charge on any atom is 0.0367 e. The first-order valence-electron chi connectivity index (χ1n) is 7.90. The van der Waals surface area contributed by atoms with Crippen LogP contribution in [0.4, 0.5) is 5.69 Å². The number of piperazine rings is 1. The van der Waals surface area contributed by atoms with Crippen LogP contribution in [0.15, 0.2) is 60.7 Å². The van der Waals surface area contributed by atoms with Crippen LogP contribution in [-0.4, -0.2) is 37.6 Å². The Kier molecular flexibility index (Phi) is 4.56. The van der Waals surface area contributed by atoms with Crippen molar-refractivity contribution in [2.75, 3.05) is 37.6 Å². The summed E-state index contributed by atoms with van der Waals surface area (Å²) in [5, 5.41) is 0. The zero-order chi connectivity index (χ0) is 14.5. The minimum Gasteiger partial charge on any atom is -0.369 e. The van der Waals surface area contributed by atoms with Crippen LogP contribution in [0.1, 0.15) is 18.4 Å². The number of anilines is 1. The molecule has 0 radical (unpaired) electrons. The Bertz CT molecular complexity index is 530. The molecule has 2 aromatic carbocycles. The van der Waals surface area contributed by atoms with E-state index in [1.807, 2.05) is 0 Å². The first kappa shape index (κ1) is 14.2. The zero-order valence-electron chi connectivity index (χ0n) is 12.8. The molecule has 2 nitrogen and oxygen atoms in total. The van der Waals surface area contributed by atoms with E-state index in [4.69, 9.17) is 0 Å². The second kappa shape index (κ2) is 6.77. The third-order valence-corrected chi connectivity index (χ3v) is 4.39. The minimum atomic E-state index is 0.606. The van der Waals surface area contributed by atoms with Gasteiger partial charge in [0.25, 0.3) is 0 Å². The van der Waals surface area contributed by atoms with Gasteiger partial charge in [-0.2, -0.15) is 0 Å². The summed E-state index contributed by atoms with van der Waals surface area (Å²) >= 11 is 0. The molecule has 2 aromatic rings. The molecule has 1 fully saturated rings. The summed E-state index contributed by atoms with van der Waals surface area (Å²) in [7, 11) is 0. The van der Waals surface area contributed by atoms with Gasteiger partial charge in [-0.05, 0) is 23.6 Å². The Balaban J connectivity index is 1.52. The van der Waals surface area contributed by atoms with E-state index in [0.29, 0.717) is 5.92 Å². The summed E-state index contributed by atoms with van der Waals surface area (Å²) in [6, 6.07) is 21.6. The summed E-state index contributed by atoms with van der Waals surface area (Å²) in [6.45, 7) is 8.07. The standard InChI is InChI=1S/C19H24N2/c1-17(18-8-4-2-5-9-18)16-20-12-14-21(15-13-20)19-10-6-3-7-11-19/h2-11,17H,12-16H2,1H3/t17-/m0/s1. The van der Waals surface area contributed by atoms with Crippen LogP contribution in [-0.2, 0) is 0 Å². The average Bonchev–Trinajstić information content (AvgIpc) is 2.57. The second-order valence-electron chi connectivity index (χ2n) is 5.93. The summed E-state index contributed by atoms with van der Waals surface area (Å²) in [6.07, 6.45) is 0. The molecule has 1 heterocycles. The Morgan fingerprint density at radius 1 is 0.810 bits per heavy atom. The maximum absolute atomic E-state index is 2.59. The van der Waals surface area contributed by atoms with Crippen LogP contribution in [0.5, 0.6) is 0 Å². The zero-order valence-corrected chi connectivity index (χ0v) is 12.8. The lowest BCUT2D eigenvalue weighted by Crippen LogP contribution is -2.47. The Labute approximate surface area is 128 Å². The van der Waals surface area contributed by atoms with Crippen LogP contribution in [0, 0.1) is 0 Å². The number of nitrogens with zero attached hydrogens (tertiary/aromatic N) is 2. The maximum atomic E-state index is 2.59. The highest BCUT2D eigenvalue weighted by atomic mass is 15.3. The van der Waals surface area contributed by atoms with E-state index in [0.717, 1.165) is 32.7 Å². The first-order valence-corrected chi connectivity index (χ1v) is 7.90. The van der Waals surface area contributed by atoms with Crippen LogP contribution in [0.2, 0.25) is 0 Å². The highest BCUT2D eigenvalue weighted by molar-refractivity contribution is 5.46. The lowest BCUT2D eigenvalue weighted by atomic mass is 10.0. The monoisotopic (exact) mass is 280 g/mol. The SMILES string of the molecule is C[C@@H](CN1CCN(c2ccccc2)CC1)c1ccccc1. The van der Waals surface area contributed by atoms with E-state index in [1.165, 1.54) is 11.3 Å². The molecule has 0 amide bonds. The van der Waals surface area contributed by atoms with E-state index >= 15 is 0 Å². The van der Waals surface area contributed by atoms with Crippen molar-refractivity contribution in [3.63, 3.8) is 0 Å². The predicted octanol–water partition coefficient (Wildman–Crippen LogP) is 3.61. The smallest absolute Gasteiger partial charge is 0.0367 e. The molecule has 1 saturated heterocycles. The van der Waals surface area contributed by atoms with Crippen molar-refractivity contribution in [1.82, 2.24) is 4.90 Å². The quantitative estimate of drug-likeness (QED) is 0.844. The van der Waals surface area contributed by atoms with E-state index in [2.05, 4.69) is 77.4 Å². The molecule has 2 heteroatoms. The van der Waals surface area contributed by atoms with E-state index in [1.54, 1.807) is 0 Å². The van der Waals surface area contributed by atoms with Crippen molar-refractivity contribution in [2.45, 2.75) is 12.8 Å². The fourth-order valence-electron chi connectivity index (χ4n) is 3.10. The fourth-order valence-corrected chi connectivity index (χ4v) is 3.10. The lowest BCUT2D eigenvalue weighted by Gasteiger charge is -2.37. The second-order valence-corrected chi connectivity index (χ2v) is 5.93. The molecule has 0 saturated carbocycles. The topological polar surface area (TPSA) is 6.48 Å². The van der Waals surface area contributed by atoms with E-state index < -0.39 is 0 Å². The van der Waals surface area contributed by atoms with Crippen molar-refractivity contribution in [1.29, 1.82) is 0 Å². The van der Waals surface area contributed by atoms with E-state index in [-0.39, 0.29) is 0 Å². The van der Waals surface area contributed by atoms with Crippen molar-refractivity contribution < 1.29 is 0 Å². The van der Waals surface area contributed by atoms with Crippen LogP contribution >= 0.6 is 0 Å². The van der Waals surface area contributed by atoms with Crippen molar-refractivity contribution in [2.24, 2.45) is 0 Å². The number of hydrogen-bond donors (Lipinski definition) is 0. The third kappa shape index (κ3) is 3.64. The normalized spacial score (nSPS) is 17.7. The van der Waals surface area contributed by atoms with Gasteiger partial charge in [0.2, 0.25) is 0 Å². The molecule has 3 rings (SSSR count). The first-order chi connectivity index (χ1) is 10.3. The Morgan fingerprint density at radius 3 is 2.00 bits per heavy atom. The average molecular weight is 280 g/mol. The molecular formula is C19H24N2. The van der Waals surface area contributed by atoms with Crippen molar-refractivity contribution in [3.8, 4) is 0 Å². The van der Waals surface area contributed by atoms with Crippen molar-refractivity contribution >= 4 is 5.69 Å². The fraction of sp³-hybridized carbons (Fsp3) is 0.368. The molecule has 0 N–H and O–H groups in total. The molecule has 1 aliphatic rings. The van der Waals surface area contributed by atoms with Gasteiger partial charge in [-0.1, -0.05) is 55.5 Å². The molecule has 0 aromatic heterocycles. The van der Waals surface area contributed by atoms with Gasteiger partial charge in [0.1, 0.15) is 0 Å². The van der Waals surface area contributed by atoms with Crippen LogP contribution < -0.4 is 4.90 Å². The summed E-state index contributed by atoms with van der Waals surface area (Å²) in [5.41, 5.74) is 2.80. The van der Waals surface area contributed by atoms with Gasteiger partial charge < -0.3 is 4.90 Å². The van der Waals surface area contributed by atoms with Crippen LogP contribution in [0.3, 0.4) is 0 Å². The van der Waals surface area contributed by atoms with Crippen LogP contribution in [0.25, 0.3) is 0 Å². The molecule has 21 heavy (non-hydrogen) atoms. The molecule has 0 aliphatic carbocycles. The van der Waals surface area contributed by atoms with Gasteiger partial charge in [0, 0.05) is 38.4 Å². The van der Waals surface area contributed by atoms with Gasteiger partial charge in [0.15, 0.2) is 0 Å². The van der Waals surface area contributed by atoms with Gasteiger partial charge >= 0.3 is 0 Å². The number of para-hydroxylation sites is 1. The molecule has 1 atom stereocenters. The largest absolute Gasteiger partial charge is 0.369 e. The number of benzene rings is 2. The van der Waals surface area contributed by atoms with Gasteiger partial charge in [-0.15, -0.1) is 0 Å². The molecule has 0 unspecified atom stereocenters. The van der Waals surface area contributed by atoms with E-state index in [9.17, 15) is 0 Å². The third-order valence-electron chi connectivity index (χ3n) is 4.39. The summed E-state index contributed by atoms with van der Waals surface area (Å²) < 4.78 is 0. The number of hydrogen-bond acceptors (Lipinski definition) is 2. The molecule has 0 spiro atoms. The van der Waals surface area contributed by atoms with Gasteiger partial charge in [-0.3, -0.25) is 4.90 Å². The Hall–Kier alpha value is -1.80. The molecule has 0 bridgehead atoms. The molecule has 110 valence electrons. The summed E-state index contributed by atoms with van der Waals surface area (Å²) in [4.78, 5) is 5.08. The van der Waals surface area contributed by atoms with Gasteiger partial charge in [-0.25, -0.2) is 0 Å². The molecule has 1 aliphatic heterocycles. The summed E-state index contributed by atoms with van der Waals surface area (Å²) in [5.74, 6) is 0.606. The molecular weight excluding hydrogens is 256 g/mol. The number of rotatable bonds is 4. The minimum absolute atomic E-state index is 0.606. The highest BCUT2D eigenvalue weighted by Gasteiger charge is 2.19.